The molecule has 0 bridgehead atoms. The summed E-state index contributed by atoms with van der Waals surface area (Å²) in [7, 11) is -3.66. The van der Waals surface area contributed by atoms with Crippen LogP contribution >= 0.6 is 0 Å². The number of halogens is 3. The third-order valence-corrected chi connectivity index (χ3v) is 8.31. The van der Waals surface area contributed by atoms with E-state index in [1.54, 1.807) is 18.2 Å². The highest BCUT2D eigenvalue weighted by Crippen LogP contribution is 2.37. The van der Waals surface area contributed by atoms with Crippen LogP contribution < -0.4 is 5.32 Å². The maximum Gasteiger partial charge on any atom is 0.418 e. The van der Waals surface area contributed by atoms with Gasteiger partial charge in [0.1, 0.15) is 12.4 Å². The Morgan fingerprint density at radius 3 is 2.46 bits per heavy atom. The highest BCUT2D eigenvalue weighted by molar-refractivity contribution is 7.89. The summed E-state index contributed by atoms with van der Waals surface area (Å²) in [5.74, 6) is 0.721. The largest absolute Gasteiger partial charge is 0.418 e. The molecule has 0 aliphatic carbocycles. The first-order valence-electron chi connectivity index (χ1n) is 12.9. The zero-order valence-electron chi connectivity index (χ0n) is 22.4. The van der Waals surface area contributed by atoms with Gasteiger partial charge in [-0.2, -0.15) is 17.5 Å². The molecule has 0 unspecified atom stereocenters. The molecule has 41 heavy (non-hydrogen) atoms. The molecule has 1 aliphatic rings. The van der Waals surface area contributed by atoms with Crippen LogP contribution in [0.25, 0.3) is 22.2 Å². The third-order valence-electron chi connectivity index (χ3n) is 6.40. The second kappa shape index (κ2) is 11.7. The number of hydrogen-bond acceptors (Lipinski definition) is 8. The van der Waals surface area contributed by atoms with Gasteiger partial charge in [0.05, 0.1) is 41.0 Å². The number of rotatable bonds is 8. The Balaban J connectivity index is 1.50. The van der Waals surface area contributed by atoms with E-state index in [4.69, 9.17) is 9.47 Å². The van der Waals surface area contributed by atoms with Crippen LogP contribution in [0.15, 0.2) is 65.7 Å². The van der Waals surface area contributed by atoms with Crippen molar-refractivity contribution in [2.45, 2.75) is 37.6 Å². The van der Waals surface area contributed by atoms with Crippen LogP contribution in [0.2, 0.25) is 0 Å². The fourth-order valence-electron chi connectivity index (χ4n) is 4.37. The van der Waals surface area contributed by atoms with Gasteiger partial charge in [-0.1, -0.05) is 6.07 Å². The van der Waals surface area contributed by atoms with Crippen molar-refractivity contribution in [2.75, 3.05) is 31.6 Å². The molecule has 0 radical (unpaired) electrons. The number of nitrogens with zero attached hydrogens (tertiary/aromatic N) is 4. The molecule has 3 heterocycles. The van der Waals surface area contributed by atoms with Crippen LogP contribution in [0, 0.1) is 0 Å². The van der Waals surface area contributed by atoms with Gasteiger partial charge in [0.25, 0.3) is 0 Å². The van der Waals surface area contributed by atoms with Crippen LogP contribution in [-0.4, -0.2) is 60.1 Å². The summed E-state index contributed by atoms with van der Waals surface area (Å²) in [6.45, 7) is 5.10. The maximum atomic E-state index is 13.7. The lowest BCUT2D eigenvalue weighted by molar-refractivity contribution is -0.137. The smallest absolute Gasteiger partial charge is 0.379 e. The number of pyridine rings is 1. The van der Waals surface area contributed by atoms with Gasteiger partial charge in [-0.05, 0) is 62.4 Å². The number of benzene rings is 2. The zero-order chi connectivity index (χ0) is 29.2. The average Bonchev–Trinajstić information content (AvgIpc) is 2.96. The van der Waals surface area contributed by atoms with Crippen molar-refractivity contribution >= 4 is 32.4 Å². The minimum absolute atomic E-state index is 0.0840. The molecule has 0 spiro atoms. The fourth-order valence-corrected chi connectivity index (χ4v) is 5.78. The topological polar surface area (TPSA) is 107 Å². The van der Waals surface area contributed by atoms with E-state index in [1.807, 2.05) is 13.8 Å². The van der Waals surface area contributed by atoms with Gasteiger partial charge in [0.15, 0.2) is 5.82 Å². The van der Waals surface area contributed by atoms with Crippen LogP contribution in [0.4, 0.5) is 24.7 Å². The van der Waals surface area contributed by atoms with Crippen molar-refractivity contribution in [3.8, 4) is 11.3 Å². The second-order valence-electron chi connectivity index (χ2n) is 9.64. The summed E-state index contributed by atoms with van der Waals surface area (Å²) in [4.78, 5) is 13.3. The molecular weight excluding hydrogens is 559 g/mol. The molecule has 1 saturated heterocycles. The number of morpholine rings is 1. The maximum absolute atomic E-state index is 13.7. The Morgan fingerprint density at radius 1 is 1.05 bits per heavy atom. The molecule has 0 atom stereocenters. The predicted octanol–water partition coefficient (Wildman–Crippen LogP) is 5.40. The van der Waals surface area contributed by atoms with Crippen LogP contribution in [0.3, 0.4) is 0 Å². The Morgan fingerprint density at radius 2 is 1.78 bits per heavy atom. The van der Waals surface area contributed by atoms with E-state index in [9.17, 15) is 21.6 Å². The Hall–Kier alpha value is -3.65. The molecule has 4 aromatic rings. The molecule has 2 aromatic carbocycles. The second-order valence-corrected chi connectivity index (χ2v) is 11.6. The van der Waals surface area contributed by atoms with Crippen molar-refractivity contribution in [1.29, 1.82) is 0 Å². The lowest BCUT2D eigenvalue weighted by Crippen LogP contribution is -2.40. The van der Waals surface area contributed by atoms with Gasteiger partial charge in [0.2, 0.25) is 10.0 Å². The molecule has 1 aliphatic heterocycles. The Labute approximate surface area is 235 Å². The molecule has 13 heteroatoms. The first kappa shape index (κ1) is 28.9. The van der Waals surface area contributed by atoms with Gasteiger partial charge < -0.3 is 14.8 Å². The summed E-state index contributed by atoms with van der Waals surface area (Å²) in [5.41, 5.74) is 0.167. The molecule has 0 amide bonds. The minimum atomic E-state index is -4.57. The molecule has 0 saturated carbocycles. The van der Waals surface area contributed by atoms with E-state index in [2.05, 4.69) is 20.3 Å². The summed E-state index contributed by atoms with van der Waals surface area (Å²) < 4.78 is 79.3. The predicted molar refractivity (Wildman–Crippen MR) is 147 cm³/mol. The molecule has 9 nitrogen and oxygen atoms in total. The normalized spacial score (nSPS) is 15.0. The molecule has 1 fully saturated rings. The van der Waals surface area contributed by atoms with E-state index in [1.165, 1.54) is 40.8 Å². The number of hydrogen-bond donors (Lipinski definition) is 1. The number of fused-ring (bicyclic) bond motifs is 1. The summed E-state index contributed by atoms with van der Waals surface area (Å²) in [5, 5.41) is 3.75. The van der Waals surface area contributed by atoms with Crippen molar-refractivity contribution in [3.63, 3.8) is 0 Å². The quantitative estimate of drug-likeness (QED) is 0.292. The van der Waals surface area contributed by atoms with Gasteiger partial charge in [-0.3, -0.25) is 4.98 Å². The van der Waals surface area contributed by atoms with Gasteiger partial charge in [-0.25, -0.2) is 18.4 Å². The highest BCUT2D eigenvalue weighted by atomic mass is 32.2. The number of nitrogens with one attached hydrogen (secondary N) is 1. The highest BCUT2D eigenvalue weighted by Gasteiger charge is 2.34. The third kappa shape index (κ3) is 6.48. The number of anilines is 2. The van der Waals surface area contributed by atoms with Gasteiger partial charge in [-0.15, -0.1) is 0 Å². The summed E-state index contributed by atoms with van der Waals surface area (Å²) in [6, 6.07) is 13.2. The molecule has 5 rings (SSSR count). The first-order chi connectivity index (χ1) is 19.5. The van der Waals surface area contributed by atoms with Crippen LogP contribution in [-0.2, 0) is 32.3 Å². The van der Waals surface area contributed by atoms with Gasteiger partial charge >= 0.3 is 6.18 Å². The SMILES string of the molecule is CC(C)OCc1nc(Nc2ccc(S(=O)(=O)N3CCOCC3)cc2)c2ccc(-c3ncccc3C(F)(F)F)cc2n1. The zero-order valence-corrected chi connectivity index (χ0v) is 23.2. The minimum Gasteiger partial charge on any atom is -0.379 e. The van der Waals surface area contributed by atoms with E-state index in [-0.39, 0.29) is 28.9 Å². The van der Waals surface area contributed by atoms with Crippen molar-refractivity contribution in [1.82, 2.24) is 19.3 Å². The van der Waals surface area contributed by atoms with Crippen molar-refractivity contribution in [3.05, 3.63) is 72.2 Å². The van der Waals surface area contributed by atoms with Crippen LogP contribution in [0.1, 0.15) is 25.2 Å². The van der Waals surface area contributed by atoms with E-state index in [0.29, 0.717) is 54.5 Å². The molecule has 1 N–H and O–H groups in total. The van der Waals surface area contributed by atoms with E-state index < -0.39 is 21.8 Å². The molecule has 216 valence electrons. The molecular formula is C28H28F3N5O4S. The van der Waals surface area contributed by atoms with Crippen molar-refractivity contribution < 1.29 is 31.1 Å². The lowest BCUT2D eigenvalue weighted by atomic mass is 10.0. The van der Waals surface area contributed by atoms with Gasteiger partial charge in [0, 0.05) is 35.9 Å². The lowest BCUT2D eigenvalue weighted by Gasteiger charge is -2.26. The Kier molecular flexibility index (Phi) is 8.23. The van der Waals surface area contributed by atoms with E-state index >= 15 is 0 Å². The number of sulfonamides is 1. The van der Waals surface area contributed by atoms with Crippen molar-refractivity contribution in [2.24, 2.45) is 0 Å². The van der Waals surface area contributed by atoms with Crippen LogP contribution in [0.5, 0.6) is 0 Å². The Bertz CT molecular complexity index is 1640. The number of ether oxygens (including phenoxy) is 2. The molecule has 2 aromatic heterocycles. The standard InChI is InChI=1S/C28H28F3N5O4S/c1-18(2)40-17-25-34-24-16-19(26-23(28(29,30)31)4-3-11-32-26)5-10-22(24)27(35-25)33-20-6-8-21(9-7-20)41(37,38)36-12-14-39-15-13-36/h3-11,16,18H,12-15,17H2,1-2H3,(H,33,34,35). The average molecular weight is 588 g/mol. The summed E-state index contributed by atoms with van der Waals surface area (Å²) >= 11 is 0. The van der Waals surface area contributed by atoms with E-state index in [0.717, 1.165) is 6.07 Å². The summed E-state index contributed by atoms with van der Waals surface area (Å²) in [6.07, 6.45) is -3.36. The number of alkyl halides is 3. The first-order valence-corrected chi connectivity index (χ1v) is 14.4. The monoisotopic (exact) mass is 587 g/mol. The number of aromatic nitrogens is 3. The fraction of sp³-hybridized carbons (Fsp3) is 0.321.